The zero-order valence-electron chi connectivity index (χ0n) is 17.6. The van der Waals surface area contributed by atoms with Gasteiger partial charge in [-0.05, 0) is 18.2 Å². The lowest BCUT2D eigenvalue weighted by atomic mass is 10.2. The fourth-order valence-corrected chi connectivity index (χ4v) is 4.40. The Hall–Kier alpha value is -3.41. The number of ether oxygens (including phenoxy) is 1. The van der Waals surface area contributed by atoms with E-state index in [9.17, 15) is 10.1 Å². The number of para-hydroxylation sites is 1. The molecular weight excluding hydrogens is 444 g/mol. The number of rotatable bonds is 7. The van der Waals surface area contributed by atoms with Crippen molar-refractivity contribution in [3.05, 3.63) is 70.4 Å². The Labute approximate surface area is 193 Å². The normalized spacial score (nSPS) is 14.5. The van der Waals surface area contributed by atoms with Crippen LogP contribution in [0.4, 0.5) is 5.69 Å². The van der Waals surface area contributed by atoms with E-state index in [2.05, 4.69) is 15.0 Å². The lowest BCUT2D eigenvalue weighted by Gasteiger charge is -2.25. The number of thioether (sulfide) groups is 1. The third-order valence-corrected chi connectivity index (χ3v) is 6.20. The number of nitro groups is 1. The average Bonchev–Trinajstić information content (AvgIpc) is 3.32. The quantitative estimate of drug-likeness (QED) is 0.173. The number of nitrogens with zero attached hydrogens (tertiary/aromatic N) is 6. The van der Waals surface area contributed by atoms with E-state index in [1.165, 1.54) is 23.9 Å². The smallest absolute Gasteiger partial charge is 0.269 e. The van der Waals surface area contributed by atoms with Gasteiger partial charge in [-0.15, -0.1) is 0 Å². The average molecular weight is 465 g/mol. The van der Waals surface area contributed by atoms with Crippen LogP contribution in [0.3, 0.4) is 0 Å². The van der Waals surface area contributed by atoms with Crippen LogP contribution in [0.2, 0.25) is 0 Å². The molecule has 0 aliphatic carbocycles. The second-order valence-corrected chi connectivity index (χ2v) is 8.42. The van der Waals surface area contributed by atoms with Crippen LogP contribution >= 0.6 is 11.8 Å². The van der Waals surface area contributed by atoms with Crippen molar-refractivity contribution in [1.82, 2.24) is 25.0 Å². The maximum absolute atomic E-state index is 10.8. The molecule has 0 radical (unpaired) electrons. The number of aromatic nitrogens is 4. The Morgan fingerprint density at radius 3 is 2.61 bits per heavy atom. The van der Waals surface area contributed by atoms with E-state index in [-0.39, 0.29) is 5.69 Å². The van der Waals surface area contributed by atoms with Crippen molar-refractivity contribution >= 4 is 28.4 Å². The second-order valence-electron chi connectivity index (χ2n) is 7.46. The van der Waals surface area contributed by atoms with Gasteiger partial charge < -0.3 is 9.26 Å². The summed E-state index contributed by atoms with van der Waals surface area (Å²) in [5, 5.41) is 16.7. The molecule has 2 aromatic carbocycles. The highest BCUT2D eigenvalue weighted by Crippen LogP contribution is 2.29. The second kappa shape index (κ2) is 9.61. The molecule has 33 heavy (non-hydrogen) atoms. The molecule has 4 aromatic rings. The minimum atomic E-state index is -0.443. The molecule has 0 bridgehead atoms. The first-order valence-electron chi connectivity index (χ1n) is 10.4. The van der Waals surface area contributed by atoms with Gasteiger partial charge in [0.1, 0.15) is 10.9 Å². The summed E-state index contributed by atoms with van der Waals surface area (Å²) in [5.41, 5.74) is 1.57. The first kappa shape index (κ1) is 21.4. The zero-order chi connectivity index (χ0) is 22.6. The third-order valence-electron chi connectivity index (χ3n) is 5.22. The van der Waals surface area contributed by atoms with Crippen LogP contribution in [0.25, 0.3) is 22.3 Å². The summed E-state index contributed by atoms with van der Waals surface area (Å²) >= 11 is 1.51. The molecule has 0 atom stereocenters. The van der Waals surface area contributed by atoms with Crippen molar-refractivity contribution in [2.24, 2.45) is 0 Å². The van der Waals surface area contributed by atoms with Gasteiger partial charge in [0, 0.05) is 36.2 Å². The predicted octanol–water partition coefficient (Wildman–Crippen LogP) is 3.71. The summed E-state index contributed by atoms with van der Waals surface area (Å²) in [4.78, 5) is 26.7. The van der Waals surface area contributed by atoms with Gasteiger partial charge in [0.15, 0.2) is 0 Å². The van der Waals surface area contributed by atoms with E-state index in [0.717, 1.165) is 48.1 Å². The molecule has 0 N–H and O–H groups in total. The maximum atomic E-state index is 10.8. The first-order valence-corrected chi connectivity index (χ1v) is 11.4. The van der Waals surface area contributed by atoms with Crippen LogP contribution < -0.4 is 0 Å². The van der Waals surface area contributed by atoms with Crippen molar-refractivity contribution in [3.8, 4) is 11.4 Å². The molecule has 1 aliphatic rings. The largest absolute Gasteiger partial charge is 0.379 e. The number of nitro benzene ring substituents is 1. The van der Waals surface area contributed by atoms with E-state index in [0.29, 0.717) is 29.6 Å². The Balaban J connectivity index is 1.33. The fraction of sp³-hybridized carbons (Fsp3) is 0.273. The van der Waals surface area contributed by atoms with E-state index in [1.54, 1.807) is 12.1 Å². The third kappa shape index (κ3) is 5.00. The Kier molecular flexibility index (Phi) is 6.24. The molecule has 1 fully saturated rings. The monoisotopic (exact) mass is 464 g/mol. The molecule has 0 unspecified atom stereocenters. The summed E-state index contributed by atoms with van der Waals surface area (Å²) in [6.07, 6.45) is 0. The summed E-state index contributed by atoms with van der Waals surface area (Å²) in [6.45, 7) is 3.86. The Bertz CT molecular complexity index is 1270. The number of fused-ring (bicyclic) bond motifs is 1. The molecule has 1 saturated heterocycles. The van der Waals surface area contributed by atoms with Crippen molar-refractivity contribution in [1.29, 1.82) is 0 Å². The van der Waals surface area contributed by atoms with E-state index in [1.807, 2.05) is 24.3 Å². The lowest BCUT2D eigenvalue weighted by Crippen LogP contribution is -2.36. The Morgan fingerprint density at radius 2 is 1.82 bits per heavy atom. The standard InChI is InChI=1S/C22H20N6O4S/c29-28(30)16-7-5-15(6-8-16)21-25-20(32-26-21)14-33-22-17-3-1-2-4-18(17)23-19(24-22)13-27-9-11-31-12-10-27/h1-8H,9-14H2. The molecule has 2 aromatic heterocycles. The van der Waals surface area contributed by atoms with Crippen LogP contribution in [0, 0.1) is 10.1 Å². The summed E-state index contributed by atoms with van der Waals surface area (Å²) in [6, 6.07) is 14.0. The van der Waals surface area contributed by atoms with Crippen molar-refractivity contribution < 1.29 is 14.2 Å². The molecular formula is C22H20N6O4S. The molecule has 5 rings (SSSR count). The lowest BCUT2D eigenvalue weighted by molar-refractivity contribution is -0.384. The van der Waals surface area contributed by atoms with Gasteiger partial charge in [-0.3, -0.25) is 15.0 Å². The maximum Gasteiger partial charge on any atom is 0.269 e. The van der Waals surface area contributed by atoms with Crippen LogP contribution in [-0.4, -0.2) is 56.2 Å². The molecule has 0 spiro atoms. The number of hydrogen-bond acceptors (Lipinski definition) is 10. The molecule has 0 saturated carbocycles. The van der Waals surface area contributed by atoms with Crippen LogP contribution in [0.5, 0.6) is 0 Å². The predicted molar refractivity (Wildman–Crippen MR) is 122 cm³/mol. The van der Waals surface area contributed by atoms with Gasteiger partial charge in [0.25, 0.3) is 5.69 Å². The van der Waals surface area contributed by atoms with Crippen LogP contribution in [0.15, 0.2) is 58.1 Å². The SMILES string of the molecule is O=[N+]([O-])c1ccc(-c2noc(CSc3nc(CN4CCOCC4)nc4ccccc34)n2)cc1. The molecule has 168 valence electrons. The number of morpholine rings is 1. The number of non-ortho nitro benzene ring substituents is 1. The molecule has 1 aliphatic heterocycles. The highest BCUT2D eigenvalue weighted by atomic mass is 32.2. The molecule has 11 heteroatoms. The van der Waals surface area contributed by atoms with Gasteiger partial charge in [-0.1, -0.05) is 35.1 Å². The van der Waals surface area contributed by atoms with E-state index in [4.69, 9.17) is 19.2 Å². The van der Waals surface area contributed by atoms with E-state index < -0.39 is 4.92 Å². The van der Waals surface area contributed by atoms with Crippen LogP contribution in [-0.2, 0) is 17.0 Å². The first-order chi connectivity index (χ1) is 16.2. The summed E-state index contributed by atoms with van der Waals surface area (Å²) in [7, 11) is 0. The number of benzene rings is 2. The highest BCUT2D eigenvalue weighted by molar-refractivity contribution is 7.98. The van der Waals surface area contributed by atoms with Gasteiger partial charge in [0.05, 0.1) is 36.0 Å². The minimum absolute atomic E-state index is 0.0153. The van der Waals surface area contributed by atoms with Gasteiger partial charge in [-0.25, -0.2) is 9.97 Å². The van der Waals surface area contributed by atoms with Gasteiger partial charge in [-0.2, -0.15) is 4.98 Å². The summed E-state index contributed by atoms with van der Waals surface area (Å²) < 4.78 is 10.8. The zero-order valence-corrected chi connectivity index (χ0v) is 18.4. The minimum Gasteiger partial charge on any atom is -0.379 e. The Morgan fingerprint density at radius 1 is 1.03 bits per heavy atom. The highest BCUT2D eigenvalue weighted by Gasteiger charge is 2.16. The number of hydrogen-bond donors (Lipinski definition) is 0. The van der Waals surface area contributed by atoms with Crippen molar-refractivity contribution in [2.45, 2.75) is 17.3 Å². The van der Waals surface area contributed by atoms with Crippen LogP contribution in [0.1, 0.15) is 11.7 Å². The van der Waals surface area contributed by atoms with Gasteiger partial charge >= 0.3 is 0 Å². The fourth-order valence-electron chi connectivity index (χ4n) is 3.53. The molecule has 0 amide bonds. The van der Waals surface area contributed by atoms with Crippen molar-refractivity contribution in [2.75, 3.05) is 26.3 Å². The molecule has 10 nitrogen and oxygen atoms in total. The molecule has 3 heterocycles. The topological polar surface area (TPSA) is 120 Å². The summed E-state index contributed by atoms with van der Waals surface area (Å²) in [5.74, 6) is 2.06. The van der Waals surface area contributed by atoms with Gasteiger partial charge in [0.2, 0.25) is 11.7 Å². The van der Waals surface area contributed by atoms with E-state index >= 15 is 0 Å². The van der Waals surface area contributed by atoms with Crippen molar-refractivity contribution in [3.63, 3.8) is 0 Å².